The Balaban J connectivity index is 0.566. The number of ether oxygens (including phenoxy) is 1. The molecule has 5 saturated heterocycles. The van der Waals surface area contributed by atoms with Crippen molar-refractivity contribution < 1.29 is 55.4 Å². The molecule has 25 heteroatoms. The summed E-state index contributed by atoms with van der Waals surface area (Å²) in [7, 11) is -5.73. The molecule has 2 aliphatic carbocycles. The highest BCUT2D eigenvalue weighted by atomic mass is 35.5. The Morgan fingerprint density at radius 1 is 0.784 bits per heavy atom. The molecule has 4 aromatic carbocycles. The van der Waals surface area contributed by atoms with Gasteiger partial charge in [-0.2, -0.15) is 13.2 Å². The molecule has 7 aliphatic rings. The number of anilines is 2. The van der Waals surface area contributed by atoms with Crippen LogP contribution in [0.5, 0.6) is 0 Å². The van der Waals surface area contributed by atoms with Crippen molar-refractivity contribution in [1.29, 1.82) is 0 Å². The van der Waals surface area contributed by atoms with Gasteiger partial charge in [0, 0.05) is 139 Å². The van der Waals surface area contributed by atoms with Crippen molar-refractivity contribution in [1.82, 2.24) is 40.1 Å². The van der Waals surface area contributed by atoms with Crippen LogP contribution in [0, 0.1) is 40.9 Å². The molecular formula is C86H116ClF3N10O9S2. The number of aryl methyl sites for hydroxylation is 1. The van der Waals surface area contributed by atoms with E-state index < -0.39 is 49.6 Å². The van der Waals surface area contributed by atoms with Crippen molar-refractivity contribution in [2.75, 3.05) is 115 Å². The molecule has 0 bridgehead atoms. The Bertz CT molecular complexity index is 4170. The molecule has 6 atom stereocenters. The minimum Gasteiger partial charge on any atom is -0.391 e. The monoisotopic (exact) mass is 1590 g/mol. The molecule has 1 saturated carbocycles. The van der Waals surface area contributed by atoms with E-state index in [4.69, 9.17) is 16.3 Å². The number of ketones is 1. The summed E-state index contributed by atoms with van der Waals surface area (Å²) in [6, 6.07) is 26.1. The van der Waals surface area contributed by atoms with Gasteiger partial charge < -0.3 is 45.4 Å². The number of alkyl halides is 3. The summed E-state index contributed by atoms with van der Waals surface area (Å²) in [4.78, 5) is 88.0. The summed E-state index contributed by atoms with van der Waals surface area (Å²) in [5.74, 6) is -0.900. The molecule has 0 radical (unpaired) electrons. The minimum atomic E-state index is -5.73. The SMILES string of the molecule is CC[C@@H](CCN1CCOCC1)Nc1ccc(CNC(=O)c2ccc(N3CCN(CC4=C(c5ccc(Cl)cc5)CCC(C)(CN5CCC6(CC5)CCN(C(=O)CC5CCC(CC(=O)C[C@H](C(=O)N7C[C@H](O)C[C@H]7C(=O)N[C@@H](C)c7ccc(-c8scnc8C)cc7)C(C)(C)C)CC5)CC6)C4)CC3)cc2)cc1S(=O)(=O)C(F)(F)F. The van der Waals surface area contributed by atoms with Gasteiger partial charge in [-0.25, -0.2) is 13.4 Å². The third kappa shape index (κ3) is 21.2. The average molecular weight is 1590 g/mol. The van der Waals surface area contributed by atoms with Gasteiger partial charge in [-0.1, -0.05) is 94.3 Å². The number of likely N-dealkylation sites (tertiary alicyclic amines) is 3. The van der Waals surface area contributed by atoms with Crippen LogP contribution in [0.4, 0.5) is 24.5 Å². The van der Waals surface area contributed by atoms with Gasteiger partial charge in [-0.05, 0) is 215 Å². The van der Waals surface area contributed by atoms with E-state index in [9.17, 15) is 50.7 Å². The molecule has 1 unspecified atom stereocenters. The number of β-amino-alcohol motifs (C(OH)–C–C–N with tert-alkyl or cyclic N) is 1. The number of nitrogens with one attached hydrogen (secondary N) is 3. The van der Waals surface area contributed by atoms with Gasteiger partial charge in [0.05, 0.1) is 52.0 Å². The zero-order valence-corrected chi connectivity index (χ0v) is 68.4. The van der Waals surface area contributed by atoms with Crippen molar-refractivity contribution in [3.8, 4) is 10.4 Å². The highest BCUT2D eigenvalue weighted by molar-refractivity contribution is 7.92. The summed E-state index contributed by atoms with van der Waals surface area (Å²) in [5.41, 5.74) is 4.61. The number of nitrogens with zero attached hydrogens (tertiary/aromatic N) is 7. The van der Waals surface area contributed by atoms with Gasteiger partial charge in [0.15, 0.2) is 0 Å². The number of thiazole rings is 1. The fraction of sp³-hybridized carbons (Fsp3) is 0.605. The summed E-state index contributed by atoms with van der Waals surface area (Å²) >= 11 is 8.03. The number of hydrogen-bond donors (Lipinski definition) is 4. The van der Waals surface area contributed by atoms with Crippen LogP contribution in [0.25, 0.3) is 16.0 Å². The second-order valence-corrected chi connectivity index (χ2v) is 37.7. The number of rotatable bonds is 27. The number of halogens is 4. The molecule has 111 heavy (non-hydrogen) atoms. The number of hydrogen-bond acceptors (Lipinski definition) is 16. The number of piperazine rings is 1. The summed E-state index contributed by atoms with van der Waals surface area (Å²) < 4.78 is 73.7. The molecule has 5 aromatic rings. The Hall–Kier alpha value is -6.77. The van der Waals surface area contributed by atoms with Gasteiger partial charge in [0.1, 0.15) is 11.8 Å². The van der Waals surface area contributed by atoms with E-state index >= 15 is 0 Å². The van der Waals surface area contributed by atoms with E-state index in [0.717, 1.165) is 183 Å². The molecule has 1 aromatic heterocycles. The first-order valence-corrected chi connectivity index (χ1v) is 43.3. The largest absolute Gasteiger partial charge is 0.501 e. The van der Waals surface area contributed by atoms with Crippen LogP contribution in [0.1, 0.15) is 189 Å². The number of aliphatic hydroxyl groups is 1. The van der Waals surface area contributed by atoms with E-state index in [1.807, 2.05) is 95.6 Å². The number of aliphatic hydroxyl groups excluding tert-OH is 1. The van der Waals surface area contributed by atoms with Crippen LogP contribution >= 0.6 is 22.9 Å². The molecule has 4 amide bonds. The lowest BCUT2D eigenvalue weighted by molar-refractivity contribution is -0.146. The number of piperidine rings is 2. The molecule has 1 spiro atoms. The molecule has 19 nitrogen and oxygen atoms in total. The molecule has 604 valence electrons. The van der Waals surface area contributed by atoms with Gasteiger partial charge in [-0.15, -0.1) is 11.3 Å². The van der Waals surface area contributed by atoms with Crippen molar-refractivity contribution in [3.05, 3.63) is 135 Å². The quantitative estimate of drug-likeness (QED) is 0.0384. The molecule has 4 N–H and O–H groups in total. The molecule has 6 fully saturated rings. The first kappa shape index (κ1) is 83.7. The minimum absolute atomic E-state index is 0.0417. The number of allylic oxidation sites excluding steroid dienone is 1. The maximum absolute atomic E-state index is 14.5. The van der Waals surface area contributed by atoms with Gasteiger partial charge in [0.2, 0.25) is 17.7 Å². The normalized spacial score (nSPS) is 23.5. The average Bonchev–Trinajstić information content (AvgIpc) is 1.39. The lowest BCUT2D eigenvalue weighted by Gasteiger charge is -2.49. The highest BCUT2D eigenvalue weighted by Gasteiger charge is 2.49. The summed E-state index contributed by atoms with van der Waals surface area (Å²) in [5, 5.41) is 20.6. The topological polar surface area (TPSA) is 217 Å². The number of aromatic nitrogens is 1. The predicted octanol–water partition coefficient (Wildman–Crippen LogP) is 14.4. The van der Waals surface area contributed by atoms with Gasteiger partial charge in [-0.3, -0.25) is 33.8 Å². The van der Waals surface area contributed by atoms with Gasteiger partial charge in [0.25, 0.3) is 15.7 Å². The lowest BCUT2D eigenvalue weighted by atomic mass is 9.69. The standard InChI is InChI=1S/C86H116ClF3N10O9S2/c1-8-69(28-34-95-43-45-109-46-44-95)94-75-26-13-62(48-77(75)111(107,108)86(88,89)90)53-91-80(104)66-20-24-70(25-21-66)98-41-39-96(40-42-98)54-67-52-84(7,29-27-73(67)64-18-22-68(87)23-19-64)56-97-35-30-85(31-36-97)32-37-99(38-33-85)78(103)49-61-11-9-60(10-12-61)47-71(101)50-74(83(4,5)6)82(106)100-55-72(102)51-76(100)81(105)93-58(2)63-14-16-65(17-15-63)79-59(3)92-57-110-79/h13-26,48,57-58,60-61,69,72,74,76,94,102H,8-12,27-47,49-56H2,1-7H3,(H,91,104)(H,93,105)/t58-,60?,61?,69-,72+,74+,76-,84?/m0/s1. The highest BCUT2D eigenvalue weighted by Crippen LogP contribution is 2.48. The fourth-order valence-electron chi connectivity index (χ4n) is 18.3. The van der Waals surface area contributed by atoms with Crippen molar-refractivity contribution in [3.63, 3.8) is 0 Å². The maximum atomic E-state index is 14.5. The van der Waals surface area contributed by atoms with Crippen molar-refractivity contribution in [2.45, 2.75) is 199 Å². The summed E-state index contributed by atoms with van der Waals surface area (Å²) in [6.07, 6.45) is 12.4. The number of morpholine rings is 1. The van der Waals surface area contributed by atoms with E-state index in [1.165, 1.54) is 27.7 Å². The van der Waals surface area contributed by atoms with Crippen LogP contribution in [-0.2, 0) is 40.3 Å². The summed E-state index contributed by atoms with van der Waals surface area (Å²) in [6.45, 7) is 26.4. The van der Waals surface area contributed by atoms with Gasteiger partial charge >= 0.3 is 5.51 Å². The molecule has 6 heterocycles. The molecular weight excluding hydrogens is 1470 g/mol. The Labute approximate surface area is 664 Å². The first-order valence-electron chi connectivity index (χ1n) is 40.6. The molecule has 12 rings (SSSR count). The van der Waals surface area contributed by atoms with E-state index in [-0.39, 0.29) is 95.4 Å². The third-order valence-corrected chi connectivity index (χ3v) is 28.2. The number of Topliss-reactive ketones (excluding diaryl/α,β-unsaturated/α-hetero) is 1. The number of benzene rings is 4. The van der Waals surface area contributed by atoms with E-state index in [0.29, 0.717) is 56.0 Å². The molecule has 5 aliphatic heterocycles. The van der Waals surface area contributed by atoms with Crippen LogP contribution < -0.4 is 20.9 Å². The van der Waals surface area contributed by atoms with Crippen LogP contribution in [0.2, 0.25) is 5.02 Å². The van der Waals surface area contributed by atoms with Crippen LogP contribution in [0.3, 0.4) is 0 Å². The number of sulfone groups is 1. The second kappa shape index (κ2) is 36.4. The van der Waals surface area contributed by atoms with E-state index in [1.54, 1.807) is 29.5 Å². The zero-order valence-electron chi connectivity index (χ0n) is 66.0. The third-order valence-electron chi connectivity index (χ3n) is 25.4. The lowest BCUT2D eigenvalue weighted by Crippen LogP contribution is -2.50. The smallest absolute Gasteiger partial charge is 0.391 e. The van der Waals surface area contributed by atoms with Crippen molar-refractivity contribution >= 4 is 79.1 Å². The number of amides is 4. The zero-order chi connectivity index (χ0) is 79.0. The maximum Gasteiger partial charge on any atom is 0.501 e. The van der Waals surface area contributed by atoms with Crippen LogP contribution in [0.15, 0.2) is 107 Å². The Morgan fingerprint density at radius 3 is 2.06 bits per heavy atom. The fourth-order valence-corrected chi connectivity index (χ4v) is 20.2. The predicted molar refractivity (Wildman–Crippen MR) is 432 cm³/mol. The first-order chi connectivity index (χ1) is 52.9. The second-order valence-electron chi connectivity index (χ2n) is 34.5. The van der Waals surface area contributed by atoms with Crippen LogP contribution in [-0.4, -0.2) is 201 Å². The van der Waals surface area contributed by atoms with E-state index in [2.05, 4.69) is 64.5 Å². The Morgan fingerprint density at radius 2 is 1.43 bits per heavy atom. The number of carbonyl (C=O) groups excluding carboxylic acids is 5. The number of carbonyl (C=O) groups is 5. The Kier molecular flexibility index (Phi) is 27.4. The van der Waals surface area contributed by atoms with Crippen molar-refractivity contribution in [2.24, 2.45) is 34.0 Å².